The van der Waals surface area contributed by atoms with Crippen molar-refractivity contribution in [1.29, 1.82) is 0 Å². The maximum atomic E-state index is 14.4. The minimum absolute atomic E-state index is 0. The van der Waals surface area contributed by atoms with E-state index in [2.05, 4.69) is 10.1 Å². The van der Waals surface area contributed by atoms with Gasteiger partial charge in [0.1, 0.15) is 24.1 Å². The second kappa shape index (κ2) is 13.1. The summed E-state index contributed by atoms with van der Waals surface area (Å²) >= 11 is 0. The van der Waals surface area contributed by atoms with Crippen LogP contribution < -0.4 is 5.73 Å². The molecule has 3 rings (SSSR count). The fourth-order valence-electron chi connectivity index (χ4n) is 2.23. The number of halogens is 1. The Morgan fingerprint density at radius 3 is 1.79 bits per heavy atom. The van der Waals surface area contributed by atoms with E-state index in [-0.39, 0.29) is 14.0 Å². The lowest BCUT2D eigenvalue weighted by atomic mass is 9.96. The summed E-state index contributed by atoms with van der Waals surface area (Å²) in [7, 11) is -13.9. The second-order valence-corrected chi connectivity index (χ2v) is 9.20. The molecule has 0 aliphatic carbocycles. The number of nitrogens with two attached hydrogens (primary N) is 1. The molecule has 0 amide bonds. The summed E-state index contributed by atoms with van der Waals surface area (Å²) in [6, 6.07) is 3.38. The number of nitrogens with zero attached hydrogens (tertiary/aromatic N) is 3. The third-order valence-corrected chi connectivity index (χ3v) is 3.36. The summed E-state index contributed by atoms with van der Waals surface area (Å²) in [6.07, 6.45) is -0.719. The van der Waals surface area contributed by atoms with E-state index in [1.807, 2.05) is 0 Å². The first kappa shape index (κ1) is 34.8. The van der Waals surface area contributed by atoms with Crippen LogP contribution in [0.1, 0.15) is 26.1 Å². The Hall–Kier alpha value is -1.40. The monoisotopic (exact) mass is 562 g/mol. The maximum absolute atomic E-state index is 14.4. The highest BCUT2D eigenvalue weighted by Crippen LogP contribution is 2.41. The van der Waals surface area contributed by atoms with Crippen molar-refractivity contribution in [2.24, 2.45) is 0 Å². The van der Waals surface area contributed by atoms with Gasteiger partial charge in [-0.15, -0.1) is 0 Å². The molecule has 0 bridgehead atoms. The van der Waals surface area contributed by atoms with Crippen molar-refractivity contribution in [3.8, 4) is 0 Å². The van der Waals surface area contributed by atoms with Gasteiger partial charge in [-0.2, -0.15) is 5.10 Å². The van der Waals surface area contributed by atoms with E-state index in [0.717, 1.165) is 0 Å². The molecule has 0 unspecified atom stereocenters. The summed E-state index contributed by atoms with van der Waals surface area (Å²) < 4.78 is 47.9. The number of hydrogen-bond acceptors (Lipinski definition) is 8. The molecule has 0 saturated carbocycles. The molecule has 1 aliphatic rings. The van der Waals surface area contributed by atoms with Gasteiger partial charge in [-0.05, 0) is 19.1 Å². The normalized spacial score (nSPS) is 22.2. The predicted molar refractivity (Wildman–Crippen MR) is 111 cm³/mol. The number of rotatable bonds is 1. The number of aliphatic hydroxyl groups is 1. The molecule has 18 nitrogen and oxygen atoms in total. The zero-order chi connectivity index (χ0) is 26.4. The summed E-state index contributed by atoms with van der Waals surface area (Å²) in [5.74, 6) is 0.315. The van der Waals surface area contributed by atoms with Crippen molar-refractivity contribution in [3.63, 3.8) is 0 Å². The van der Waals surface area contributed by atoms with Gasteiger partial charge in [-0.25, -0.2) is 27.6 Å². The maximum Gasteiger partial charge on any atom is 0.466 e. The van der Waals surface area contributed by atoms with Gasteiger partial charge >= 0.3 is 23.5 Å². The van der Waals surface area contributed by atoms with Crippen LogP contribution in [-0.4, -0.2) is 82.1 Å². The molecule has 0 aromatic carbocycles. The van der Waals surface area contributed by atoms with Gasteiger partial charge in [-0.1, -0.05) is 7.43 Å². The van der Waals surface area contributed by atoms with Gasteiger partial charge in [0.2, 0.25) is 0 Å². The minimum atomic E-state index is -4.64. The van der Waals surface area contributed by atoms with Crippen molar-refractivity contribution in [2.45, 2.75) is 32.2 Å². The van der Waals surface area contributed by atoms with Crippen LogP contribution in [0.2, 0.25) is 0 Å². The van der Waals surface area contributed by atoms with E-state index in [1.165, 1.54) is 17.8 Å². The standard InChI is InChI=1S/C11H13FN4O2.CH4.3H3O4P/c1-11(12)8(17)4-18-9(11)6-2-3-7-10(13)14-5-15-16(6)7;;3*1-5(2,3)4/h2-3,5,8-9,17H,4H2,1H3,(H2,13,14,15);1H4;3*(H3,1,2,3,4)/t8-,9+,11-;;;;/m1..../s1. The number of aliphatic hydroxyl groups excluding tert-OH is 1. The van der Waals surface area contributed by atoms with Gasteiger partial charge in [0.15, 0.2) is 11.5 Å². The average molecular weight is 562 g/mol. The molecule has 0 radical (unpaired) electrons. The van der Waals surface area contributed by atoms with Gasteiger partial charge in [0, 0.05) is 0 Å². The van der Waals surface area contributed by atoms with Gasteiger partial charge in [0.25, 0.3) is 0 Å². The molecule has 2 aromatic rings. The largest absolute Gasteiger partial charge is 0.466 e. The van der Waals surface area contributed by atoms with Crippen LogP contribution in [0.5, 0.6) is 0 Å². The lowest BCUT2D eigenvalue weighted by Gasteiger charge is -2.23. The van der Waals surface area contributed by atoms with Crippen molar-refractivity contribution in [3.05, 3.63) is 24.2 Å². The van der Waals surface area contributed by atoms with E-state index < -0.39 is 41.3 Å². The van der Waals surface area contributed by atoms with E-state index >= 15 is 0 Å². The van der Waals surface area contributed by atoms with Crippen LogP contribution >= 0.6 is 23.5 Å². The number of ether oxygens (including phenoxy) is 1. The van der Waals surface area contributed by atoms with Crippen LogP contribution in [0.3, 0.4) is 0 Å². The van der Waals surface area contributed by atoms with E-state index in [9.17, 15) is 9.50 Å². The minimum Gasteiger partial charge on any atom is -0.387 e. The second-order valence-electron chi connectivity index (χ2n) is 6.12. The van der Waals surface area contributed by atoms with Crippen molar-refractivity contribution in [2.75, 3.05) is 12.3 Å². The van der Waals surface area contributed by atoms with Crippen LogP contribution in [0.4, 0.5) is 10.2 Å². The zero-order valence-electron chi connectivity index (χ0n) is 16.3. The van der Waals surface area contributed by atoms with Crippen molar-refractivity contribution >= 4 is 34.8 Å². The fourth-order valence-corrected chi connectivity index (χ4v) is 2.23. The Morgan fingerprint density at radius 2 is 1.44 bits per heavy atom. The Bertz CT molecular complexity index is 977. The lowest BCUT2D eigenvalue weighted by Crippen LogP contribution is -2.35. The average Bonchev–Trinajstić information content (AvgIpc) is 3.05. The predicted octanol–water partition coefficient (Wildman–Crippen LogP) is -1.68. The molecule has 0 spiro atoms. The quantitative estimate of drug-likeness (QED) is 0.173. The molecule has 2 aromatic heterocycles. The topological polar surface area (TPSA) is 319 Å². The van der Waals surface area contributed by atoms with Crippen LogP contribution in [0.15, 0.2) is 18.5 Å². The van der Waals surface area contributed by atoms with E-state index in [0.29, 0.717) is 17.0 Å². The Balaban J connectivity index is 0. The molecular formula is C12H26FN4O14P3. The number of nitrogen functional groups attached to an aromatic ring is 1. The SMILES string of the molecule is C.C[C@@]1(F)[C@H](O)CO[C@H]1c1ccc2c(N)ncnn12.O=P(O)(O)O.O=P(O)(O)O.O=P(O)(O)O. The van der Waals surface area contributed by atoms with Crippen LogP contribution in [-0.2, 0) is 18.4 Å². The first-order chi connectivity index (χ1) is 14.5. The summed E-state index contributed by atoms with van der Waals surface area (Å²) in [5.41, 5.74) is 4.96. The molecule has 1 aliphatic heterocycles. The van der Waals surface area contributed by atoms with Gasteiger partial charge in [-0.3, -0.25) is 0 Å². The molecule has 12 N–H and O–H groups in total. The Morgan fingerprint density at radius 1 is 1.03 bits per heavy atom. The highest BCUT2D eigenvalue weighted by Gasteiger charge is 2.50. The third kappa shape index (κ3) is 14.8. The zero-order valence-corrected chi connectivity index (χ0v) is 19.0. The molecule has 1 saturated heterocycles. The lowest BCUT2D eigenvalue weighted by molar-refractivity contribution is 0.00262. The number of anilines is 1. The summed E-state index contributed by atoms with van der Waals surface area (Å²) in [5, 5.41) is 13.6. The summed E-state index contributed by atoms with van der Waals surface area (Å²) in [6.45, 7) is 1.28. The van der Waals surface area contributed by atoms with Crippen LogP contribution in [0.25, 0.3) is 5.52 Å². The molecule has 3 atom stereocenters. The third-order valence-electron chi connectivity index (χ3n) is 3.36. The van der Waals surface area contributed by atoms with Gasteiger partial charge in [0.05, 0.1) is 12.3 Å². The van der Waals surface area contributed by atoms with E-state index in [1.54, 1.807) is 12.1 Å². The van der Waals surface area contributed by atoms with Crippen molar-refractivity contribution < 1.29 is 72.0 Å². The summed E-state index contributed by atoms with van der Waals surface area (Å²) in [4.78, 5) is 68.5. The Kier molecular flexibility index (Phi) is 13.4. The molecule has 22 heteroatoms. The molecule has 200 valence electrons. The number of phosphoric acid groups is 3. The number of alkyl halides is 1. The highest BCUT2D eigenvalue weighted by atomic mass is 31.2. The van der Waals surface area contributed by atoms with Gasteiger partial charge < -0.3 is 59.6 Å². The smallest absolute Gasteiger partial charge is 0.387 e. The van der Waals surface area contributed by atoms with E-state index in [4.69, 9.17) is 68.2 Å². The molecular weight excluding hydrogens is 536 g/mol. The van der Waals surface area contributed by atoms with Crippen LogP contribution in [0, 0.1) is 0 Å². The fraction of sp³-hybridized carbons (Fsp3) is 0.500. The first-order valence-corrected chi connectivity index (χ1v) is 12.6. The highest BCUT2D eigenvalue weighted by molar-refractivity contribution is 7.45. The first-order valence-electron chi connectivity index (χ1n) is 7.93. The number of aromatic nitrogens is 3. The Labute approximate surface area is 190 Å². The number of fused-ring (bicyclic) bond motifs is 1. The molecule has 3 heterocycles. The molecule has 1 fully saturated rings. The number of hydrogen-bond donors (Lipinski definition) is 11. The van der Waals surface area contributed by atoms with Crippen molar-refractivity contribution in [1.82, 2.24) is 14.6 Å². The molecule has 34 heavy (non-hydrogen) atoms.